The van der Waals surface area contributed by atoms with Crippen molar-refractivity contribution >= 4 is 22.5 Å². The first-order chi connectivity index (χ1) is 12.6. The molecule has 140 valence electrons. The van der Waals surface area contributed by atoms with E-state index in [-0.39, 0.29) is 12.1 Å². The average molecular weight is 354 g/mol. The number of hydrogen-bond acceptors (Lipinski definition) is 2. The second-order valence-electron chi connectivity index (χ2n) is 6.89. The summed E-state index contributed by atoms with van der Waals surface area (Å²) >= 11 is 0. The SMILES string of the molecule is CC.CCN(C)C(=O)NC1C=C2c3cccc4[nH]cc(c34)CC2N(C)C1. The maximum Gasteiger partial charge on any atom is 0.317 e. The van der Waals surface area contributed by atoms with Crippen LogP contribution in [0.15, 0.2) is 30.5 Å². The molecule has 1 aromatic carbocycles. The molecular weight excluding hydrogens is 324 g/mol. The number of nitrogens with zero attached hydrogens (tertiary/aromatic N) is 2. The van der Waals surface area contributed by atoms with Crippen LogP contribution in [0.5, 0.6) is 0 Å². The molecule has 2 N–H and O–H groups in total. The topological polar surface area (TPSA) is 51.4 Å². The van der Waals surface area contributed by atoms with E-state index in [1.807, 2.05) is 27.8 Å². The molecule has 0 fully saturated rings. The second kappa shape index (κ2) is 7.54. The number of H-pyrrole nitrogens is 1. The van der Waals surface area contributed by atoms with Crippen LogP contribution in [0, 0.1) is 0 Å². The van der Waals surface area contributed by atoms with Gasteiger partial charge in [0.2, 0.25) is 0 Å². The average Bonchev–Trinajstić information content (AvgIpc) is 3.08. The highest BCUT2D eigenvalue weighted by molar-refractivity contribution is 5.98. The Balaban J connectivity index is 0.000000948. The number of carbonyl (C=O) groups excluding carboxylic acids is 1. The van der Waals surface area contributed by atoms with Crippen LogP contribution < -0.4 is 5.32 Å². The highest BCUT2D eigenvalue weighted by Gasteiger charge is 2.34. The molecule has 2 atom stereocenters. The van der Waals surface area contributed by atoms with Gasteiger partial charge in [0, 0.05) is 43.3 Å². The Kier molecular flexibility index (Phi) is 5.37. The molecule has 1 aliphatic heterocycles. The summed E-state index contributed by atoms with van der Waals surface area (Å²) in [6.45, 7) is 7.53. The number of rotatable bonds is 2. The lowest BCUT2D eigenvalue weighted by atomic mass is 9.81. The summed E-state index contributed by atoms with van der Waals surface area (Å²) in [6.07, 6.45) is 5.43. The summed E-state index contributed by atoms with van der Waals surface area (Å²) in [5.41, 5.74) is 5.23. The van der Waals surface area contributed by atoms with Gasteiger partial charge in [-0.1, -0.05) is 32.1 Å². The minimum Gasteiger partial charge on any atom is -0.361 e. The first-order valence-electron chi connectivity index (χ1n) is 9.61. The van der Waals surface area contributed by atoms with Crippen LogP contribution in [-0.2, 0) is 6.42 Å². The van der Waals surface area contributed by atoms with E-state index in [0.29, 0.717) is 12.6 Å². The molecule has 2 heterocycles. The fraction of sp³-hybridized carbons (Fsp3) is 0.476. The van der Waals surface area contributed by atoms with Crippen LogP contribution in [0.3, 0.4) is 0 Å². The third kappa shape index (κ3) is 3.12. The molecule has 0 spiro atoms. The number of hydrogen-bond donors (Lipinski definition) is 2. The fourth-order valence-electron chi connectivity index (χ4n) is 3.96. The van der Waals surface area contributed by atoms with E-state index in [2.05, 4.69) is 52.7 Å². The summed E-state index contributed by atoms with van der Waals surface area (Å²) < 4.78 is 0. The summed E-state index contributed by atoms with van der Waals surface area (Å²) in [7, 11) is 3.98. The predicted molar refractivity (Wildman–Crippen MR) is 108 cm³/mol. The molecule has 1 aliphatic carbocycles. The largest absolute Gasteiger partial charge is 0.361 e. The van der Waals surface area contributed by atoms with E-state index in [0.717, 1.165) is 13.0 Å². The molecule has 0 saturated carbocycles. The Morgan fingerprint density at radius 2 is 2.15 bits per heavy atom. The molecule has 2 aliphatic rings. The quantitative estimate of drug-likeness (QED) is 0.867. The van der Waals surface area contributed by atoms with Gasteiger partial charge in [-0.05, 0) is 43.2 Å². The van der Waals surface area contributed by atoms with Crippen molar-refractivity contribution < 1.29 is 4.79 Å². The minimum atomic E-state index is -0.0115. The molecule has 0 radical (unpaired) electrons. The molecule has 26 heavy (non-hydrogen) atoms. The van der Waals surface area contributed by atoms with Crippen LogP contribution in [-0.4, -0.2) is 60.1 Å². The van der Waals surface area contributed by atoms with Gasteiger partial charge >= 0.3 is 6.03 Å². The van der Waals surface area contributed by atoms with Gasteiger partial charge in [0.1, 0.15) is 0 Å². The lowest BCUT2D eigenvalue weighted by Gasteiger charge is -2.40. The fourth-order valence-corrected chi connectivity index (χ4v) is 3.96. The van der Waals surface area contributed by atoms with Crippen LogP contribution in [0.1, 0.15) is 31.9 Å². The summed E-state index contributed by atoms with van der Waals surface area (Å²) in [5, 5.41) is 4.48. The Bertz CT molecular complexity index is 823. The van der Waals surface area contributed by atoms with Crippen LogP contribution in [0.4, 0.5) is 4.79 Å². The molecule has 0 saturated heterocycles. The van der Waals surface area contributed by atoms with E-state index in [1.165, 1.54) is 27.6 Å². The number of aromatic amines is 1. The first kappa shape index (κ1) is 18.5. The van der Waals surface area contributed by atoms with Crippen molar-refractivity contribution in [2.75, 3.05) is 27.2 Å². The highest BCUT2D eigenvalue weighted by Crippen LogP contribution is 2.39. The van der Waals surface area contributed by atoms with Gasteiger partial charge in [-0.15, -0.1) is 0 Å². The molecule has 1 aromatic heterocycles. The van der Waals surface area contributed by atoms with Gasteiger partial charge in [-0.3, -0.25) is 4.90 Å². The van der Waals surface area contributed by atoms with Crippen molar-refractivity contribution in [2.24, 2.45) is 0 Å². The van der Waals surface area contributed by atoms with Gasteiger partial charge in [0.05, 0.1) is 6.04 Å². The van der Waals surface area contributed by atoms with Crippen molar-refractivity contribution in [3.63, 3.8) is 0 Å². The summed E-state index contributed by atoms with van der Waals surface area (Å²) in [4.78, 5) is 19.7. The molecule has 2 amide bonds. The number of benzene rings is 1. The van der Waals surface area contributed by atoms with Crippen molar-refractivity contribution in [1.29, 1.82) is 0 Å². The number of likely N-dealkylation sites (N-methyl/N-ethyl adjacent to an activating group) is 1. The Labute approximate surface area is 156 Å². The minimum absolute atomic E-state index is 0.0115. The third-order valence-corrected chi connectivity index (χ3v) is 5.40. The molecule has 2 aromatic rings. The summed E-state index contributed by atoms with van der Waals surface area (Å²) in [6, 6.07) is 6.85. The number of amides is 2. The summed E-state index contributed by atoms with van der Waals surface area (Å²) in [5.74, 6) is 0. The first-order valence-corrected chi connectivity index (χ1v) is 9.61. The van der Waals surface area contributed by atoms with Crippen molar-refractivity contribution in [1.82, 2.24) is 20.1 Å². The molecule has 2 unspecified atom stereocenters. The monoisotopic (exact) mass is 354 g/mol. The molecule has 5 heteroatoms. The van der Waals surface area contributed by atoms with E-state index in [1.54, 1.807) is 4.90 Å². The van der Waals surface area contributed by atoms with Gasteiger partial charge in [-0.2, -0.15) is 0 Å². The van der Waals surface area contributed by atoms with Crippen molar-refractivity contribution in [3.05, 3.63) is 41.6 Å². The number of nitrogens with one attached hydrogen (secondary N) is 2. The van der Waals surface area contributed by atoms with Crippen LogP contribution in [0.2, 0.25) is 0 Å². The van der Waals surface area contributed by atoms with Crippen LogP contribution in [0.25, 0.3) is 16.5 Å². The van der Waals surface area contributed by atoms with Crippen LogP contribution >= 0.6 is 0 Å². The number of fused-ring (bicyclic) bond motifs is 2. The number of urea groups is 1. The van der Waals surface area contributed by atoms with Crippen molar-refractivity contribution in [3.8, 4) is 0 Å². The van der Waals surface area contributed by atoms with E-state index < -0.39 is 0 Å². The van der Waals surface area contributed by atoms with Gasteiger partial charge in [0.15, 0.2) is 0 Å². The van der Waals surface area contributed by atoms with E-state index in [4.69, 9.17) is 0 Å². The molecule has 0 bridgehead atoms. The van der Waals surface area contributed by atoms with Crippen molar-refractivity contribution in [2.45, 2.75) is 39.3 Å². The number of carbonyl (C=O) groups is 1. The van der Waals surface area contributed by atoms with Gasteiger partial charge in [0.25, 0.3) is 0 Å². The highest BCUT2D eigenvalue weighted by atomic mass is 16.2. The third-order valence-electron chi connectivity index (χ3n) is 5.40. The lowest BCUT2D eigenvalue weighted by molar-refractivity contribution is 0.200. The molecule has 4 rings (SSSR count). The Morgan fingerprint density at radius 3 is 2.88 bits per heavy atom. The predicted octanol–water partition coefficient (Wildman–Crippen LogP) is 3.48. The zero-order chi connectivity index (χ0) is 18.8. The zero-order valence-corrected chi connectivity index (χ0v) is 16.5. The maximum absolute atomic E-state index is 12.2. The molecule has 5 nitrogen and oxygen atoms in total. The normalized spacial score (nSPS) is 21.3. The maximum atomic E-state index is 12.2. The Morgan fingerprint density at radius 1 is 1.38 bits per heavy atom. The molecular formula is C21H30N4O. The smallest absolute Gasteiger partial charge is 0.317 e. The van der Waals surface area contributed by atoms with Gasteiger partial charge < -0.3 is 15.2 Å². The number of aromatic nitrogens is 1. The van der Waals surface area contributed by atoms with Gasteiger partial charge in [-0.25, -0.2) is 4.79 Å². The standard InChI is InChI=1S/C19H24N4O.C2H6/c1-4-22(2)19(24)21-13-9-15-14-6-5-7-16-18(14)12(10-20-16)8-17(15)23(3)11-13;1-2/h5-7,9-10,13,17,20H,4,8,11H2,1-3H3,(H,21,24);1-2H3. The Hall–Kier alpha value is -2.27. The lowest BCUT2D eigenvalue weighted by Crippen LogP contribution is -2.52. The van der Waals surface area contributed by atoms with E-state index in [9.17, 15) is 4.79 Å². The zero-order valence-electron chi connectivity index (χ0n) is 16.5. The second-order valence-corrected chi connectivity index (χ2v) is 6.89. The van der Waals surface area contributed by atoms with E-state index >= 15 is 0 Å².